The molecule has 0 saturated carbocycles. The number of nitrogens with zero attached hydrogens (tertiary/aromatic N) is 1. The topological polar surface area (TPSA) is 77.0 Å². The molecule has 0 aliphatic heterocycles. The molecule has 0 bridgehead atoms. The van der Waals surface area contributed by atoms with Crippen molar-refractivity contribution in [3.63, 3.8) is 0 Å². The van der Waals surface area contributed by atoms with Crippen molar-refractivity contribution in [3.05, 3.63) is 87.9 Å². The SMILES string of the molecule is CCOc1cc(C=NNS(=O)(=O)c2ccccc2)ccc1OCc1ccc(Cl)cc1Cl. The minimum Gasteiger partial charge on any atom is -0.490 e. The maximum Gasteiger partial charge on any atom is 0.276 e. The van der Waals surface area contributed by atoms with Crippen LogP contribution >= 0.6 is 23.2 Å². The van der Waals surface area contributed by atoms with Crippen LogP contribution in [0.5, 0.6) is 11.5 Å². The predicted molar refractivity (Wildman–Crippen MR) is 123 cm³/mol. The second-order valence-electron chi connectivity index (χ2n) is 6.33. The van der Waals surface area contributed by atoms with Crippen LogP contribution in [0.25, 0.3) is 0 Å². The monoisotopic (exact) mass is 478 g/mol. The Balaban J connectivity index is 1.71. The molecule has 0 fully saturated rings. The zero-order valence-electron chi connectivity index (χ0n) is 16.6. The second-order valence-corrected chi connectivity index (χ2v) is 8.83. The van der Waals surface area contributed by atoms with E-state index in [-0.39, 0.29) is 11.5 Å². The zero-order valence-corrected chi connectivity index (χ0v) is 18.9. The Kier molecular flexibility index (Phi) is 7.79. The number of hydrazone groups is 1. The van der Waals surface area contributed by atoms with Gasteiger partial charge in [-0.2, -0.15) is 13.5 Å². The lowest BCUT2D eigenvalue weighted by Crippen LogP contribution is -2.18. The number of hydrogen-bond donors (Lipinski definition) is 1. The molecule has 3 rings (SSSR count). The molecule has 0 atom stereocenters. The van der Waals surface area contributed by atoms with Crippen LogP contribution in [0, 0.1) is 0 Å². The Labute approximate surface area is 191 Å². The molecule has 0 amide bonds. The molecule has 3 aromatic carbocycles. The van der Waals surface area contributed by atoms with Crippen molar-refractivity contribution in [2.24, 2.45) is 5.10 Å². The fourth-order valence-electron chi connectivity index (χ4n) is 2.61. The smallest absolute Gasteiger partial charge is 0.276 e. The number of nitrogens with one attached hydrogen (secondary N) is 1. The van der Waals surface area contributed by atoms with Gasteiger partial charge in [-0.3, -0.25) is 0 Å². The van der Waals surface area contributed by atoms with Crippen LogP contribution in [-0.2, 0) is 16.6 Å². The largest absolute Gasteiger partial charge is 0.490 e. The highest BCUT2D eigenvalue weighted by Gasteiger charge is 2.12. The van der Waals surface area contributed by atoms with Gasteiger partial charge in [0.2, 0.25) is 0 Å². The lowest BCUT2D eigenvalue weighted by Gasteiger charge is -2.13. The fourth-order valence-corrected chi connectivity index (χ4v) is 3.88. The third kappa shape index (κ3) is 6.37. The molecular formula is C22H20Cl2N2O4S. The second kappa shape index (κ2) is 10.5. The highest BCUT2D eigenvalue weighted by molar-refractivity contribution is 7.89. The third-order valence-corrected chi connectivity index (χ3v) is 5.93. The van der Waals surface area contributed by atoms with Gasteiger partial charge < -0.3 is 9.47 Å². The molecule has 0 radical (unpaired) electrons. The molecule has 9 heteroatoms. The van der Waals surface area contributed by atoms with Gasteiger partial charge in [0.1, 0.15) is 6.61 Å². The van der Waals surface area contributed by atoms with Crippen LogP contribution in [0.3, 0.4) is 0 Å². The summed E-state index contributed by atoms with van der Waals surface area (Å²) in [6, 6.07) is 18.4. The van der Waals surface area contributed by atoms with Gasteiger partial charge >= 0.3 is 0 Å². The molecule has 6 nitrogen and oxygen atoms in total. The van der Waals surface area contributed by atoms with E-state index in [1.807, 2.05) is 6.92 Å². The number of rotatable bonds is 9. The molecule has 0 spiro atoms. The fraction of sp³-hybridized carbons (Fsp3) is 0.136. The highest BCUT2D eigenvalue weighted by atomic mass is 35.5. The number of benzene rings is 3. The van der Waals surface area contributed by atoms with E-state index < -0.39 is 10.0 Å². The first-order chi connectivity index (χ1) is 14.9. The number of ether oxygens (including phenoxy) is 2. The molecular weight excluding hydrogens is 459 g/mol. The van der Waals surface area contributed by atoms with E-state index in [0.29, 0.717) is 33.7 Å². The molecule has 1 N–H and O–H groups in total. The average Bonchev–Trinajstić information content (AvgIpc) is 2.75. The van der Waals surface area contributed by atoms with E-state index in [4.69, 9.17) is 32.7 Å². The minimum atomic E-state index is -3.73. The van der Waals surface area contributed by atoms with Crippen molar-refractivity contribution in [2.45, 2.75) is 18.4 Å². The average molecular weight is 479 g/mol. The molecule has 3 aromatic rings. The maximum absolute atomic E-state index is 12.2. The Bertz CT molecular complexity index is 1170. The van der Waals surface area contributed by atoms with E-state index >= 15 is 0 Å². The first kappa shape index (κ1) is 22.9. The summed E-state index contributed by atoms with van der Waals surface area (Å²) in [5.41, 5.74) is 1.42. The van der Waals surface area contributed by atoms with Crippen molar-refractivity contribution >= 4 is 39.4 Å². The molecule has 0 unspecified atom stereocenters. The van der Waals surface area contributed by atoms with Crippen LogP contribution in [0.2, 0.25) is 10.0 Å². The molecule has 0 heterocycles. The van der Waals surface area contributed by atoms with E-state index in [2.05, 4.69) is 9.93 Å². The van der Waals surface area contributed by atoms with E-state index in [0.717, 1.165) is 5.56 Å². The van der Waals surface area contributed by atoms with Crippen molar-refractivity contribution in [1.29, 1.82) is 0 Å². The van der Waals surface area contributed by atoms with Gasteiger partial charge in [-0.1, -0.05) is 47.5 Å². The molecule has 0 aromatic heterocycles. The van der Waals surface area contributed by atoms with Gasteiger partial charge in [0, 0.05) is 15.6 Å². The van der Waals surface area contributed by atoms with Crippen molar-refractivity contribution < 1.29 is 17.9 Å². The summed E-state index contributed by atoms with van der Waals surface area (Å²) in [6.07, 6.45) is 1.39. The molecule has 0 aliphatic carbocycles. The summed E-state index contributed by atoms with van der Waals surface area (Å²) in [6.45, 7) is 2.52. The summed E-state index contributed by atoms with van der Waals surface area (Å²) in [5.74, 6) is 1.03. The number of sulfonamides is 1. The van der Waals surface area contributed by atoms with Gasteiger partial charge in [-0.05, 0) is 55.0 Å². The van der Waals surface area contributed by atoms with Crippen LogP contribution in [0.4, 0.5) is 0 Å². The van der Waals surface area contributed by atoms with E-state index in [1.165, 1.54) is 18.3 Å². The summed E-state index contributed by atoms with van der Waals surface area (Å²) in [5, 5.41) is 4.91. The van der Waals surface area contributed by atoms with Crippen LogP contribution in [-0.4, -0.2) is 21.2 Å². The van der Waals surface area contributed by atoms with Gasteiger partial charge in [-0.15, -0.1) is 0 Å². The van der Waals surface area contributed by atoms with Crippen LogP contribution in [0.1, 0.15) is 18.1 Å². The first-order valence-corrected chi connectivity index (χ1v) is 11.6. The van der Waals surface area contributed by atoms with Gasteiger partial charge in [0.05, 0.1) is 17.7 Å². The summed E-state index contributed by atoms with van der Waals surface area (Å²) >= 11 is 12.1. The lowest BCUT2D eigenvalue weighted by molar-refractivity contribution is 0.269. The summed E-state index contributed by atoms with van der Waals surface area (Å²) in [7, 11) is -3.73. The maximum atomic E-state index is 12.2. The first-order valence-electron chi connectivity index (χ1n) is 9.32. The number of hydrogen-bond acceptors (Lipinski definition) is 5. The summed E-state index contributed by atoms with van der Waals surface area (Å²) < 4.78 is 36.0. The van der Waals surface area contributed by atoms with Crippen molar-refractivity contribution in [2.75, 3.05) is 6.61 Å². The number of halogens is 2. The van der Waals surface area contributed by atoms with E-state index in [1.54, 1.807) is 54.6 Å². The highest BCUT2D eigenvalue weighted by Crippen LogP contribution is 2.30. The quantitative estimate of drug-likeness (QED) is 0.335. The van der Waals surface area contributed by atoms with Gasteiger partial charge in [-0.25, -0.2) is 4.83 Å². The summed E-state index contributed by atoms with van der Waals surface area (Å²) in [4.78, 5) is 2.32. The Morgan fingerprint density at radius 3 is 2.45 bits per heavy atom. The lowest BCUT2D eigenvalue weighted by atomic mass is 10.2. The standard InChI is InChI=1S/C22H20Cl2N2O4S/c1-2-29-22-12-16(14-25-26-31(27,28)19-6-4-3-5-7-19)8-11-21(22)30-15-17-9-10-18(23)13-20(17)24/h3-14,26H,2,15H2,1H3. The molecule has 31 heavy (non-hydrogen) atoms. The van der Waals surface area contributed by atoms with Crippen LogP contribution in [0.15, 0.2) is 76.7 Å². The molecule has 162 valence electrons. The van der Waals surface area contributed by atoms with Gasteiger partial charge in [0.15, 0.2) is 11.5 Å². The van der Waals surface area contributed by atoms with Crippen molar-refractivity contribution in [1.82, 2.24) is 4.83 Å². The predicted octanol–water partition coefficient (Wildman–Crippen LogP) is 5.28. The van der Waals surface area contributed by atoms with Gasteiger partial charge in [0.25, 0.3) is 10.0 Å². The molecule has 0 aliphatic rings. The Morgan fingerprint density at radius 2 is 1.74 bits per heavy atom. The van der Waals surface area contributed by atoms with Crippen LogP contribution < -0.4 is 14.3 Å². The Hall–Kier alpha value is -2.74. The van der Waals surface area contributed by atoms with E-state index in [9.17, 15) is 8.42 Å². The molecule has 0 saturated heterocycles. The third-order valence-electron chi connectivity index (χ3n) is 4.11. The zero-order chi connectivity index (χ0) is 22.3. The normalized spacial score (nSPS) is 11.5. The Morgan fingerprint density at radius 1 is 0.968 bits per heavy atom. The van der Waals surface area contributed by atoms with Crippen molar-refractivity contribution in [3.8, 4) is 11.5 Å². The minimum absolute atomic E-state index is 0.131.